The van der Waals surface area contributed by atoms with Gasteiger partial charge in [0, 0.05) is 0 Å². The fraction of sp³-hybridized carbons (Fsp3) is 0. The average molecular weight is 180 g/mol. The fourth-order valence-corrected chi connectivity index (χ4v) is 0. The summed E-state index contributed by atoms with van der Waals surface area (Å²) in [5.41, 5.74) is 0. The Kier molecular flexibility index (Phi) is 35.8. The van der Waals surface area contributed by atoms with Crippen LogP contribution in [0.2, 0.25) is 0 Å². The molecule has 2 nitrogen and oxygen atoms in total. The van der Waals surface area contributed by atoms with Gasteiger partial charge in [-0.2, -0.15) is 0 Å². The Labute approximate surface area is 54.6 Å². The Hall–Kier alpha value is 1.23. The zero-order valence-electron chi connectivity index (χ0n) is 2.60. The molecule has 0 saturated heterocycles. The molecule has 0 aliphatic carbocycles. The fourth-order valence-electron chi connectivity index (χ4n) is 0. The van der Waals surface area contributed by atoms with Gasteiger partial charge in [0.2, 0.25) is 0 Å². The number of hydrogen-bond donors (Lipinski definition) is 0. The van der Waals surface area contributed by atoms with Crippen LogP contribution >= 0.6 is 0 Å². The standard InChI is InChI=1S/Al.HOSi.O.Zr.H/c;1-2;;;/h;2H;;;. The molecule has 0 bridgehead atoms. The van der Waals surface area contributed by atoms with Crippen LogP contribution in [0.5, 0.6) is 0 Å². The van der Waals surface area contributed by atoms with E-state index in [1.54, 1.807) is 0 Å². The molecule has 0 atom stereocenters. The van der Waals surface area contributed by atoms with Gasteiger partial charge in [-0.05, 0) is 0 Å². The predicted octanol–water partition coefficient (Wildman–Crippen LogP) is -1.54. The van der Waals surface area contributed by atoms with E-state index in [0.717, 1.165) is 23.9 Å². The first-order chi connectivity index (χ1) is 2.41. The second-order valence-corrected chi connectivity index (χ2v) is 2.09. The van der Waals surface area contributed by atoms with Gasteiger partial charge in [0.25, 0.3) is 0 Å². The Morgan fingerprint density at radius 1 is 1.60 bits per heavy atom. The molecule has 0 aromatic heterocycles. The van der Waals surface area contributed by atoms with Gasteiger partial charge in [-0.15, -0.1) is 0 Å². The number of rotatable bonds is 0. The first kappa shape index (κ1) is 9.53. The van der Waals surface area contributed by atoms with Crippen LogP contribution in [0.1, 0.15) is 0 Å². The average Bonchev–Trinajstić information content (AvgIpc) is 1.46. The van der Waals surface area contributed by atoms with E-state index in [-0.39, 0.29) is 0 Å². The van der Waals surface area contributed by atoms with Crippen LogP contribution in [0.3, 0.4) is 0 Å². The van der Waals surface area contributed by atoms with E-state index in [0.29, 0.717) is 16.2 Å². The van der Waals surface area contributed by atoms with Gasteiger partial charge in [-0.1, -0.05) is 0 Å². The third-order valence-electron chi connectivity index (χ3n) is 0. The van der Waals surface area contributed by atoms with Gasteiger partial charge in [-0.25, -0.2) is 0 Å². The van der Waals surface area contributed by atoms with E-state index >= 15 is 0 Å². The molecule has 0 N–H and O–H groups in total. The van der Waals surface area contributed by atoms with Gasteiger partial charge in [0.05, 0.1) is 0 Å². The van der Waals surface area contributed by atoms with Crippen molar-refractivity contribution >= 4 is 22.8 Å². The maximum atomic E-state index is 9.05. The van der Waals surface area contributed by atoms with Crippen LogP contribution < -0.4 is 0 Å². The van der Waals surface area contributed by atoms with E-state index < -0.39 is 6.53 Å². The maximum absolute atomic E-state index is 9.05. The van der Waals surface area contributed by atoms with Crippen molar-refractivity contribution in [3.63, 3.8) is 0 Å². The molecular weight excluding hydrogens is 178 g/mol. The summed E-state index contributed by atoms with van der Waals surface area (Å²) in [5.74, 6) is 0. The SMILES string of the molecule is O=[SiH][Zr].[O]=[AlH]. The molecule has 0 fully saturated rings. The molecule has 0 aliphatic heterocycles. The summed E-state index contributed by atoms with van der Waals surface area (Å²) in [6, 6.07) is 0. The molecule has 5 heteroatoms. The normalized spacial score (nSPS) is 2.80. The van der Waals surface area contributed by atoms with Crippen molar-refractivity contribution in [3.8, 4) is 0 Å². The predicted molar refractivity (Wildman–Crippen MR) is 15.7 cm³/mol. The zero-order valence-corrected chi connectivity index (χ0v) is 7.63. The monoisotopic (exact) mass is 179 g/mol. The summed E-state index contributed by atoms with van der Waals surface area (Å²) < 4.78 is 17.3. The van der Waals surface area contributed by atoms with E-state index in [9.17, 15) is 0 Å². The summed E-state index contributed by atoms with van der Waals surface area (Å²) >= 11 is 1.77. The second kappa shape index (κ2) is 18.8. The Morgan fingerprint density at radius 2 is 1.60 bits per heavy atom. The summed E-state index contributed by atoms with van der Waals surface area (Å²) in [5, 5.41) is 0. The Bertz CT molecular complexity index is 23.6. The van der Waals surface area contributed by atoms with Crippen LogP contribution in [0.4, 0.5) is 0 Å². The summed E-state index contributed by atoms with van der Waals surface area (Å²) in [6.07, 6.45) is 0. The molecule has 0 aromatic carbocycles. The van der Waals surface area contributed by atoms with E-state index in [1.165, 1.54) is 0 Å². The van der Waals surface area contributed by atoms with Crippen LogP contribution in [0, 0.1) is 0 Å². The molecule has 5 heavy (non-hydrogen) atoms. The van der Waals surface area contributed by atoms with Gasteiger partial charge >= 0.3 is 54.9 Å². The van der Waals surface area contributed by atoms with Crippen molar-refractivity contribution in [2.45, 2.75) is 0 Å². The third-order valence-corrected chi connectivity index (χ3v) is 0. The van der Waals surface area contributed by atoms with Crippen LogP contribution in [-0.4, -0.2) is 22.8 Å². The van der Waals surface area contributed by atoms with Gasteiger partial charge in [0.1, 0.15) is 0 Å². The summed E-state index contributed by atoms with van der Waals surface area (Å²) in [6.45, 7) is -0.410. The van der Waals surface area contributed by atoms with Gasteiger partial charge < -0.3 is 0 Å². The molecule has 0 aromatic rings. The van der Waals surface area contributed by atoms with E-state index in [1.807, 2.05) is 0 Å². The van der Waals surface area contributed by atoms with Crippen LogP contribution in [-0.2, 0) is 32.1 Å². The molecule has 0 saturated carbocycles. The third kappa shape index (κ3) is 36.0. The van der Waals surface area contributed by atoms with E-state index in [4.69, 9.17) is 8.27 Å². The molecule has 0 radical (unpaired) electrons. The van der Waals surface area contributed by atoms with Crippen molar-refractivity contribution in [2.75, 3.05) is 0 Å². The minimum absolute atomic E-state index is 0.410. The van der Waals surface area contributed by atoms with E-state index in [2.05, 4.69) is 0 Å². The van der Waals surface area contributed by atoms with Crippen molar-refractivity contribution in [2.24, 2.45) is 0 Å². The van der Waals surface area contributed by atoms with Gasteiger partial charge in [0.15, 0.2) is 0 Å². The minimum atomic E-state index is -0.410. The van der Waals surface area contributed by atoms with Crippen LogP contribution in [0.15, 0.2) is 0 Å². The summed E-state index contributed by atoms with van der Waals surface area (Å²) in [7, 11) is 0. The van der Waals surface area contributed by atoms with Crippen LogP contribution in [0.25, 0.3) is 0 Å². The Balaban J connectivity index is 0. The molecule has 0 aliphatic rings. The number of hydrogen-bond acceptors (Lipinski definition) is 2. The molecular formula is H2AlO2SiZr. The second-order valence-electron chi connectivity index (χ2n) is 0.118. The zero-order chi connectivity index (χ0) is 4.71. The first-order valence-corrected chi connectivity index (χ1v) is 6.70. The molecule has 0 unspecified atom stereocenters. The summed E-state index contributed by atoms with van der Waals surface area (Å²) in [4.78, 5) is 0. The van der Waals surface area contributed by atoms with Crippen molar-refractivity contribution in [3.05, 3.63) is 0 Å². The van der Waals surface area contributed by atoms with Gasteiger partial charge in [-0.3, -0.25) is 0 Å². The molecule has 0 spiro atoms. The quantitative estimate of drug-likeness (QED) is 0.424. The van der Waals surface area contributed by atoms with Crippen molar-refractivity contribution < 1.29 is 32.1 Å². The topological polar surface area (TPSA) is 34.1 Å². The Morgan fingerprint density at radius 3 is 1.60 bits per heavy atom. The molecule has 0 amide bonds. The van der Waals surface area contributed by atoms with Crippen molar-refractivity contribution in [1.29, 1.82) is 0 Å². The molecule has 0 heterocycles. The first-order valence-electron chi connectivity index (χ1n) is 0.813. The molecule has 0 rings (SSSR count). The molecule has 25 valence electrons. The van der Waals surface area contributed by atoms with Crippen molar-refractivity contribution in [1.82, 2.24) is 0 Å².